The third kappa shape index (κ3) is 4.97. The molecule has 0 spiro atoms. The number of anilines is 1. The SMILES string of the molecule is CC(=O)c1ccc(S(=O)(=O)N(C)CCCC(=O)N2C[C@H](C(N)=O)Oc3ccccc32)cc1. The molecular formula is C22H25N3O6S. The second-order valence-corrected chi connectivity index (χ2v) is 9.54. The molecule has 0 radical (unpaired) electrons. The van der Waals surface area contributed by atoms with Crippen LogP contribution in [-0.4, -0.2) is 56.6 Å². The van der Waals surface area contributed by atoms with Crippen LogP contribution >= 0.6 is 0 Å². The first kappa shape index (κ1) is 23.4. The quantitative estimate of drug-likeness (QED) is 0.597. The van der Waals surface area contributed by atoms with Gasteiger partial charge in [0, 0.05) is 25.6 Å². The summed E-state index contributed by atoms with van der Waals surface area (Å²) in [6.45, 7) is 1.53. The number of benzene rings is 2. The maximum Gasteiger partial charge on any atom is 0.260 e. The van der Waals surface area contributed by atoms with Crippen molar-refractivity contribution in [3.05, 3.63) is 54.1 Å². The van der Waals surface area contributed by atoms with Crippen LogP contribution in [0, 0.1) is 0 Å². The van der Waals surface area contributed by atoms with Crippen LogP contribution in [0.4, 0.5) is 5.69 Å². The summed E-state index contributed by atoms with van der Waals surface area (Å²) in [5, 5.41) is 0. The van der Waals surface area contributed by atoms with Crippen molar-refractivity contribution < 1.29 is 27.5 Å². The number of primary amides is 1. The van der Waals surface area contributed by atoms with Crippen LogP contribution in [0.5, 0.6) is 5.75 Å². The van der Waals surface area contributed by atoms with E-state index in [9.17, 15) is 22.8 Å². The second-order valence-electron chi connectivity index (χ2n) is 7.49. The Balaban J connectivity index is 1.63. The van der Waals surface area contributed by atoms with E-state index < -0.39 is 22.0 Å². The smallest absolute Gasteiger partial charge is 0.260 e. The fraction of sp³-hybridized carbons (Fsp3) is 0.318. The van der Waals surface area contributed by atoms with Crippen LogP contribution in [0.2, 0.25) is 0 Å². The first-order valence-electron chi connectivity index (χ1n) is 10.0. The van der Waals surface area contributed by atoms with E-state index in [0.717, 1.165) is 0 Å². The van der Waals surface area contributed by atoms with E-state index >= 15 is 0 Å². The molecule has 0 saturated carbocycles. The number of sulfonamides is 1. The van der Waals surface area contributed by atoms with Gasteiger partial charge < -0.3 is 15.4 Å². The molecule has 170 valence electrons. The number of carbonyl (C=O) groups excluding carboxylic acids is 3. The number of ether oxygens (including phenoxy) is 1. The van der Waals surface area contributed by atoms with Crippen molar-refractivity contribution in [2.75, 3.05) is 25.0 Å². The van der Waals surface area contributed by atoms with Crippen molar-refractivity contribution in [1.29, 1.82) is 0 Å². The minimum absolute atomic E-state index is 0.00180. The van der Waals surface area contributed by atoms with Gasteiger partial charge >= 0.3 is 0 Å². The third-order valence-corrected chi connectivity index (χ3v) is 7.10. The number of nitrogens with two attached hydrogens (primary N) is 1. The maximum absolute atomic E-state index is 12.8. The Morgan fingerprint density at radius 1 is 1.12 bits per heavy atom. The normalized spacial score (nSPS) is 15.7. The van der Waals surface area contributed by atoms with Gasteiger partial charge in [-0.2, -0.15) is 0 Å². The molecule has 0 bridgehead atoms. The zero-order valence-electron chi connectivity index (χ0n) is 17.9. The van der Waals surface area contributed by atoms with Crippen LogP contribution in [0.1, 0.15) is 30.1 Å². The molecule has 0 saturated heterocycles. The lowest BCUT2D eigenvalue weighted by molar-refractivity contribution is -0.125. The molecule has 1 aliphatic heterocycles. The molecule has 3 rings (SSSR count). The van der Waals surface area contributed by atoms with E-state index in [4.69, 9.17) is 10.5 Å². The van der Waals surface area contributed by atoms with Crippen molar-refractivity contribution >= 4 is 33.3 Å². The molecule has 0 fully saturated rings. The lowest BCUT2D eigenvalue weighted by Gasteiger charge is -2.33. The number of hydrogen-bond donors (Lipinski definition) is 1. The molecule has 1 heterocycles. The van der Waals surface area contributed by atoms with Gasteiger partial charge in [0.25, 0.3) is 5.91 Å². The Morgan fingerprint density at radius 2 is 1.78 bits per heavy atom. The third-order valence-electron chi connectivity index (χ3n) is 5.22. The summed E-state index contributed by atoms with van der Waals surface area (Å²) in [6.07, 6.45) is -0.598. The molecule has 9 nitrogen and oxygen atoms in total. The summed E-state index contributed by atoms with van der Waals surface area (Å²) in [5.74, 6) is -0.684. The highest BCUT2D eigenvalue weighted by Crippen LogP contribution is 2.33. The number of carbonyl (C=O) groups is 3. The van der Waals surface area contributed by atoms with Crippen LogP contribution < -0.4 is 15.4 Å². The van der Waals surface area contributed by atoms with Crippen LogP contribution in [0.25, 0.3) is 0 Å². The fourth-order valence-electron chi connectivity index (χ4n) is 3.37. The molecule has 32 heavy (non-hydrogen) atoms. The molecule has 2 aromatic rings. The Morgan fingerprint density at radius 3 is 2.41 bits per heavy atom. The van der Waals surface area contributed by atoms with Gasteiger partial charge in [-0.05, 0) is 37.6 Å². The van der Waals surface area contributed by atoms with Gasteiger partial charge in [-0.3, -0.25) is 14.4 Å². The molecule has 1 aliphatic rings. The molecule has 2 N–H and O–H groups in total. The number of ketones is 1. The van der Waals surface area contributed by atoms with Gasteiger partial charge in [0.1, 0.15) is 5.75 Å². The molecule has 0 unspecified atom stereocenters. The molecule has 0 aromatic heterocycles. The maximum atomic E-state index is 12.8. The number of hydrogen-bond acceptors (Lipinski definition) is 6. The summed E-state index contributed by atoms with van der Waals surface area (Å²) in [6, 6.07) is 12.6. The molecule has 10 heteroatoms. The predicted molar refractivity (Wildman–Crippen MR) is 118 cm³/mol. The monoisotopic (exact) mass is 459 g/mol. The summed E-state index contributed by atoms with van der Waals surface area (Å²) >= 11 is 0. The van der Waals surface area contributed by atoms with Gasteiger partial charge in [0.2, 0.25) is 15.9 Å². The lowest BCUT2D eigenvalue weighted by atomic mass is 10.1. The van der Waals surface area contributed by atoms with Crippen molar-refractivity contribution in [3.8, 4) is 5.75 Å². The highest BCUT2D eigenvalue weighted by molar-refractivity contribution is 7.89. The van der Waals surface area contributed by atoms with Crippen molar-refractivity contribution in [1.82, 2.24) is 4.31 Å². The fourth-order valence-corrected chi connectivity index (χ4v) is 4.58. The average molecular weight is 460 g/mol. The number of fused-ring (bicyclic) bond motifs is 1. The number of para-hydroxylation sites is 2. The van der Waals surface area contributed by atoms with Gasteiger partial charge in [0.15, 0.2) is 11.9 Å². The zero-order valence-corrected chi connectivity index (χ0v) is 18.7. The van der Waals surface area contributed by atoms with E-state index in [1.54, 1.807) is 24.3 Å². The van der Waals surface area contributed by atoms with E-state index in [1.807, 2.05) is 0 Å². The zero-order chi connectivity index (χ0) is 23.5. The Hall–Kier alpha value is -3.24. The van der Waals surface area contributed by atoms with Crippen LogP contribution in [0.15, 0.2) is 53.4 Å². The van der Waals surface area contributed by atoms with Crippen LogP contribution in [-0.2, 0) is 19.6 Å². The molecular weight excluding hydrogens is 434 g/mol. The highest BCUT2D eigenvalue weighted by Gasteiger charge is 2.32. The average Bonchev–Trinajstić information content (AvgIpc) is 2.78. The molecule has 0 aliphatic carbocycles. The Kier molecular flexibility index (Phi) is 6.95. The molecule has 2 aromatic carbocycles. The topological polar surface area (TPSA) is 127 Å². The first-order valence-corrected chi connectivity index (χ1v) is 11.5. The van der Waals surface area contributed by atoms with Gasteiger partial charge in [-0.15, -0.1) is 0 Å². The number of rotatable bonds is 8. The van der Waals surface area contributed by atoms with E-state index in [1.165, 1.54) is 47.4 Å². The Bertz CT molecular complexity index is 1130. The standard InChI is InChI=1S/C22H25N3O6S/c1-15(26)16-9-11-17(12-10-16)32(29,30)24(2)13-5-8-21(27)25-14-20(22(23)28)31-19-7-4-3-6-18(19)25/h3-4,6-7,9-12,20H,5,8,13-14H2,1-2H3,(H2,23,28)/t20-/m1/s1. The van der Waals surface area contributed by atoms with Crippen molar-refractivity contribution in [3.63, 3.8) is 0 Å². The summed E-state index contributed by atoms with van der Waals surface area (Å²) in [7, 11) is -2.32. The largest absolute Gasteiger partial charge is 0.477 e. The number of nitrogens with zero attached hydrogens (tertiary/aromatic N) is 2. The lowest BCUT2D eigenvalue weighted by Crippen LogP contribution is -2.49. The Labute approximate surface area is 186 Å². The predicted octanol–water partition coefficient (Wildman–Crippen LogP) is 1.57. The van der Waals surface area contributed by atoms with Gasteiger partial charge in [-0.1, -0.05) is 24.3 Å². The van der Waals surface area contributed by atoms with E-state index in [-0.39, 0.29) is 42.5 Å². The summed E-state index contributed by atoms with van der Waals surface area (Å²) < 4.78 is 32.2. The molecule has 1 atom stereocenters. The van der Waals surface area contributed by atoms with Crippen molar-refractivity contribution in [2.45, 2.75) is 30.8 Å². The summed E-state index contributed by atoms with van der Waals surface area (Å²) in [5.41, 5.74) is 6.33. The minimum atomic E-state index is -3.76. The number of amides is 2. The number of Topliss-reactive ketones (excluding diaryl/α,β-unsaturated/α-hetero) is 1. The first-order chi connectivity index (χ1) is 15.1. The van der Waals surface area contributed by atoms with E-state index in [0.29, 0.717) is 17.0 Å². The van der Waals surface area contributed by atoms with Crippen LogP contribution in [0.3, 0.4) is 0 Å². The second kappa shape index (κ2) is 9.49. The van der Waals surface area contributed by atoms with E-state index in [2.05, 4.69) is 0 Å². The summed E-state index contributed by atoms with van der Waals surface area (Å²) in [4.78, 5) is 37.4. The molecule has 2 amide bonds. The van der Waals surface area contributed by atoms with Crippen molar-refractivity contribution in [2.24, 2.45) is 5.73 Å². The highest BCUT2D eigenvalue weighted by atomic mass is 32.2. The van der Waals surface area contributed by atoms with Gasteiger partial charge in [-0.25, -0.2) is 12.7 Å². The van der Waals surface area contributed by atoms with Gasteiger partial charge in [0.05, 0.1) is 17.1 Å². The minimum Gasteiger partial charge on any atom is -0.477 e.